The van der Waals surface area contributed by atoms with E-state index in [1.54, 1.807) is 53.4 Å². The Hall–Kier alpha value is -5.55. The summed E-state index contributed by atoms with van der Waals surface area (Å²) >= 11 is 0. The summed E-state index contributed by atoms with van der Waals surface area (Å²) in [4.78, 5) is 36.8. The van der Waals surface area contributed by atoms with E-state index in [9.17, 15) is 24.7 Å². The highest BCUT2D eigenvalue weighted by molar-refractivity contribution is 6.03. The molecule has 6 unspecified atom stereocenters. The SMILES string of the molecule is C=CCOC12Oc3ccc(OC(=O)NCCCCCCCCCCCC)cc3C3C(CCCCO)C(CCCCO)C=C(C(=NOC(C)(C)C)CC1N(Cc1ccc(F)cc1)C(=O)c1ccc(C#N)cc1)C32. The highest BCUT2D eigenvalue weighted by Crippen LogP contribution is 2.62. The second kappa shape index (κ2) is 27.5. The zero-order valence-corrected chi connectivity index (χ0v) is 43.2. The highest BCUT2D eigenvalue weighted by atomic mass is 19.1. The van der Waals surface area contributed by atoms with Crippen LogP contribution >= 0.6 is 0 Å². The lowest BCUT2D eigenvalue weighted by Crippen LogP contribution is -2.70. The number of amides is 2. The topological polar surface area (TPSA) is 163 Å². The smallest absolute Gasteiger partial charge is 0.412 e. The van der Waals surface area contributed by atoms with Crippen molar-refractivity contribution in [2.45, 2.75) is 167 Å². The zero-order valence-electron chi connectivity index (χ0n) is 43.2. The molecule has 1 fully saturated rings. The predicted molar refractivity (Wildman–Crippen MR) is 279 cm³/mol. The first-order chi connectivity index (χ1) is 34.9. The Bertz CT molecular complexity index is 2320. The van der Waals surface area contributed by atoms with Crippen LogP contribution in [0.25, 0.3) is 0 Å². The van der Waals surface area contributed by atoms with Gasteiger partial charge >= 0.3 is 6.09 Å². The standard InChI is InChI=1S/C59H79FN4O8/c1-6-8-9-10-11-12-13-14-15-18-33-62-57(68)70-47-31-32-52-50(38-47)54-48(22-17-20-35-66)45(21-16-19-34-65)37-49-51(63-72-58(3,4)5)39-53(59(71-52,55(49)54)69-36-7-2)64(41-43-25-29-46(60)30-26-43)56(67)44-27-23-42(40-61)24-28-44/h7,23-32,37-38,45,48,53-55,65-66H,2,6,8-22,33-36,39,41H2,1,3-5H3,(H,62,68). The highest BCUT2D eigenvalue weighted by Gasteiger charge is 2.65. The number of oxime groups is 1. The summed E-state index contributed by atoms with van der Waals surface area (Å²) in [6, 6.07) is 19.2. The zero-order chi connectivity index (χ0) is 51.5. The molecule has 12 nitrogen and oxygen atoms in total. The molecule has 3 aromatic carbocycles. The average molecular weight is 991 g/mol. The molecule has 390 valence electrons. The minimum absolute atomic E-state index is 0.0181. The van der Waals surface area contributed by atoms with Gasteiger partial charge in [-0.2, -0.15) is 5.26 Å². The maximum absolute atomic E-state index is 15.4. The number of fused-ring (bicyclic) bond motifs is 2. The van der Waals surface area contributed by atoms with Gasteiger partial charge in [0.15, 0.2) is 0 Å². The number of unbranched alkanes of at least 4 members (excludes halogenated alkanes) is 11. The Morgan fingerprint density at radius 1 is 0.917 bits per heavy atom. The van der Waals surface area contributed by atoms with E-state index >= 15 is 4.79 Å². The molecular formula is C59H79FN4O8. The second-order valence-corrected chi connectivity index (χ2v) is 20.7. The lowest BCUT2D eigenvalue weighted by Gasteiger charge is -2.60. The lowest BCUT2D eigenvalue weighted by molar-refractivity contribution is -0.255. The van der Waals surface area contributed by atoms with Crippen molar-refractivity contribution in [1.29, 1.82) is 5.26 Å². The van der Waals surface area contributed by atoms with Crippen molar-refractivity contribution in [1.82, 2.24) is 10.2 Å². The Morgan fingerprint density at radius 2 is 1.58 bits per heavy atom. The molecule has 0 radical (unpaired) electrons. The van der Waals surface area contributed by atoms with Crippen LogP contribution in [0.4, 0.5) is 9.18 Å². The Morgan fingerprint density at radius 3 is 2.22 bits per heavy atom. The maximum atomic E-state index is 15.4. The molecule has 2 aliphatic carbocycles. The van der Waals surface area contributed by atoms with E-state index in [1.807, 2.05) is 32.9 Å². The van der Waals surface area contributed by atoms with E-state index in [1.165, 1.54) is 57.1 Å². The summed E-state index contributed by atoms with van der Waals surface area (Å²) in [5.74, 6) is -2.58. The number of nitrogens with zero attached hydrogens (tertiary/aromatic N) is 3. The second-order valence-electron chi connectivity index (χ2n) is 20.7. The van der Waals surface area contributed by atoms with Gasteiger partial charge in [0, 0.05) is 49.8 Å². The van der Waals surface area contributed by atoms with Crippen LogP contribution in [0.1, 0.15) is 170 Å². The number of hydrogen-bond acceptors (Lipinski definition) is 10. The van der Waals surface area contributed by atoms with Crippen LogP contribution in [-0.2, 0) is 16.1 Å². The van der Waals surface area contributed by atoms with Crippen LogP contribution in [-0.4, -0.2) is 76.6 Å². The lowest BCUT2D eigenvalue weighted by atomic mass is 9.55. The third kappa shape index (κ3) is 14.8. The molecule has 0 spiro atoms. The van der Waals surface area contributed by atoms with Gasteiger partial charge in [-0.3, -0.25) is 4.79 Å². The van der Waals surface area contributed by atoms with Crippen LogP contribution in [0.5, 0.6) is 11.5 Å². The molecule has 3 aromatic rings. The molecule has 1 heterocycles. The Labute approximate surface area is 427 Å². The van der Waals surface area contributed by atoms with Crippen molar-refractivity contribution in [2.75, 3.05) is 26.4 Å². The van der Waals surface area contributed by atoms with Crippen molar-refractivity contribution in [3.63, 3.8) is 0 Å². The van der Waals surface area contributed by atoms with E-state index in [2.05, 4.69) is 31.0 Å². The fourth-order valence-electron chi connectivity index (χ4n) is 10.8. The molecular weight excluding hydrogens is 912 g/mol. The van der Waals surface area contributed by atoms with E-state index in [0.717, 1.165) is 56.1 Å². The van der Waals surface area contributed by atoms with E-state index in [4.69, 9.17) is 24.2 Å². The molecule has 13 heteroatoms. The molecule has 1 saturated carbocycles. The number of aliphatic hydroxyl groups is 2. The Balaban J connectivity index is 1.46. The van der Waals surface area contributed by atoms with Crippen molar-refractivity contribution in [2.24, 2.45) is 22.9 Å². The van der Waals surface area contributed by atoms with E-state index < -0.39 is 35.3 Å². The minimum Gasteiger partial charge on any atom is -0.459 e. The number of carbonyl (C=O) groups excluding carboxylic acids is 2. The Kier molecular flexibility index (Phi) is 21.3. The van der Waals surface area contributed by atoms with Crippen LogP contribution in [0, 0.1) is 34.9 Å². The van der Waals surface area contributed by atoms with Crippen LogP contribution in [0.2, 0.25) is 0 Å². The molecule has 3 aliphatic rings. The fourth-order valence-corrected chi connectivity index (χ4v) is 10.8. The fraction of sp³-hybridized carbons (Fsp3) is 0.559. The third-order valence-electron chi connectivity index (χ3n) is 14.2. The van der Waals surface area contributed by atoms with Gasteiger partial charge in [-0.05, 0) is 130 Å². The quantitative estimate of drug-likeness (QED) is 0.0365. The van der Waals surface area contributed by atoms with Crippen molar-refractivity contribution in [3.8, 4) is 17.6 Å². The van der Waals surface area contributed by atoms with Gasteiger partial charge in [0.25, 0.3) is 5.91 Å². The number of hydrogen-bond donors (Lipinski definition) is 3. The first kappa shape index (κ1) is 55.8. The number of allylic oxidation sites excluding steroid dienone is 1. The summed E-state index contributed by atoms with van der Waals surface area (Å²) in [6.45, 7) is 12.7. The molecule has 1 aliphatic heterocycles. The summed E-state index contributed by atoms with van der Waals surface area (Å²) in [6.07, 6.45) is 19.7. The molecule has 0 aromatic heterocycles. The molecule has 0 bridgehead atoms. The van der Waals surface area contributed by atoms with Gasteiger partial charge in [0.1, 0.15) is 29.0 Å². The summed E-state index contributed by atoms with van der Waals surface area (Å²) in [5.41, 5.74) is 3.00. The molecule has 0 saturated heterocycles. The number of nitrogens with one attached hydrogen (secondary N) is 1. The third-order valence-corrected chi connectivity index (χ3v) is 14.2. The van der Waals surface area contributed by atoms with Crippen molar-refractivity contribution >= 4 is 17.7 Å². The molecule has 6 rings (SSSR count). The average Bonchev–Trinajstić information content (AvgIpc) is 3.37. The number of carbonyl (C=O) groups is 2. The monoisotopic (exact) mass is 991 g/mol. The number of benzene rings is 3. The van der Waals surface area contributed by atoms with Crippen LogP contribution in [0.15, 0.2) is 96.2 Å². The molecule has 6 atom stereocenters. The molecule has 72 heavy (non-hydrogen) atoms. The van der Waals surface area contributed by atoms with Gasteiger partial charge in [-0.1, -0.05) is 107 Å². The van der Waals surface area contributed by atoms with Crippen molar-refractivity contribution in [3.05, 3.63) is 119 Å². The van der Waals surface area contributed by atoms with Gasteiger partial charge in [0.2, 0.25) is 5.79 Å². The minimum atomic E-state index is -1.58. The first-order valence-corrected chi connectivity index (χ1v) is 26.6. The summed E-state index contributed by atoms with van der Waals surface area (Å²) in [7, 11) is 0. The molecule has 2 amide bonds. The van der Waals surface area contributed by atoms with Crippen molar-refractivity contribution < 1.29 is 43.2 Å². The van der Waals surface area contributed by atoms with Crippen LogP contribution in [0.3, 0.4) is 0 Å². The van der Waals surface area contributed by atoms with E-state index in [-0.39, 0.29) is 56.4 Å². The number of rotatable bonds is 28. The normalized spacial score (nSPS) is 21.6. The van der Waals surface area contributed by atoms with Gasteiger partial charge < -0.3 is 39.5 Å². The molecule has 3 N–H and O–H groups in total. The first-order valence-electron chi connectivity index (χ1n) is 26.6. The van der Waals surface area contributed by atoms with Gasteiger partial charge in [-0.25, -0.2) is 9.18 Å². The maximum Gasteiger partial charge on any atom is 0.412 e. The summed E-state index contributed by atoms with van der Waals surface area (Å²) in [5, 5.41) is 37.6. The number of ether oxygens (including phenoxy) is 3. The largest absolute Gasteiger partial charge is 0.459 e. The van der Waals surface area contributed by atoms with Crippen LogP contribution < -0.4 is 14.8 Å². The number of halogens is 1. The predicted octanol–water partition coefficient (Wildman–Crippen LogP) is 12.5. The van der Waals surface area contributed by atoms with E-state index in [0.29, 0.717) is 53.3 Å². The van der Waals surface area contributed by atoms with Gasteiger partial charge in [0.05, 0.1) is 29.9 Å². The van der Waals surface area contributed by atoms with Gasteiger partial charge in [-0.15, -0.1) is 6.58 Å². The number of nitriles is 1. The summed E-state index contributed by atoms with van der Waals surface area (Å²) < 4.78 is 35.1. The number of aliphatic hydroxyl groups excluding tert-OH is 2.